The lowest BCUT2D eigenvalue weighted by Crippen LogP contribution is -2.19. The zero-order valence-electron chi connectivity index (χ0n) is 8.08. The molecular formula is C10H12BrNOS. The van der Waals surface area contributed by atoms with Gasteiger partial charge in [0.2, 0.25) is 5.91 Å². The second kappa shape index (κ2) is 5.41. The molecule has 0 fully saturated rings. The van der Waals surface area contributed by atoms with Gasteiger partial charge in [-0.2, -0.15) is 0 Å². The molecule has 0 saturated carbocycles. The van der Waals surface area contributed by atoms with Crippen molar-refractivity contribution < 1.29 is 4.79 Å². The number of nitrogens with one attached hydrogen (secondary N) is 1. The van der Waals surface area contributed by atoms with Crippen molar-refractivity contribution in [3.63, 3.8) is 0 Å². The highest BCUT2D eigenvalue weighted by Crippen LogP contribution is 2.19. The van der Waals surface area contributed by atoms with Gasteiger partial charge in [-0.05, 0) is 31.4 Å². The number of carbonyl (C=O) groups excluding carboxylic acids is 1. The second-order valence-corrected chi connectivity index (χ2v) is 5.09. The van der Waals surface area contributed by atoms with Gasteiger partial charge in [-0.3, -0.25) is 4.79 Å². The number of hydrogen-bond donors (Lipinski definition) is 1. The Morgan fingerprint density at radius 2 is 2.29 bits per heavy atom. The van der Waals surface area contributed by atoms with Crippen LogP contribution in [0.2, 0.25) is 0 Å². The van der Waals surface area contributed by atoms with Crippen molar-refractivity contribution in [2.45, 2.75) is 16.6 Å². The molecule has 1 rings (SSSR count). The van der Waals surface area contributed by atoms with Crippen LogP contribution in [0, 0.1) is 0 Å². The highest BCUT2D eigenvalue weighted by Gasteiger charge is 2.08. The van der Waals surface area contributed by atoms with Crippen LogP contribution in [0.5, 0.6) is 0 Å². The minimum Gasteiger partial charge on any atom is -0.325 e. The van der Waals surface area contributed by atoms with Crippen LogP contribution in [0.3, 0.4) is 0 Å². The molecule has 0 heterocycles. The maximum Gasteiger partial charge on any atom is 0.237 e. The Bertz CT molecular complexity index is 328. The zero-order valence-corrected chi connectivity index (χ0v) is 10.5. The fourth-order valence-corrected chi connectivity index (χ4v) is 1.52. The van der Waals surface area contributed by atoms with Crippen molar-refractivity contribution in [1.29, 1.82) is 0 Å². The predicted molar refractivity (Wildman–Crippen MR) is 65.2 cm³/mol. The molecule has 0 spiro atoms. The van der Waals surface area contributed by atoms with Gasteiger partial charge in [-0.1, -0.05) is 22.0 Å². The first-order valence-corrected chi connectivity index (χ1v) is 6.36. The zero-order chi connectivity index (χ0) is 10.6. The molecule has 2 nitrogen and oxygen atoms in total. The Labute approximate surface area is 96.6 Å². The summed E-state index contributed by atoms with van der Waals surface area (Å²) in [6.45, 7) is 1.80. The van der Waals surface area contributed by atoms with E-state index in [1.54, 1.807) is 18.7 Å². The summed E-state index contributed by atoms with van der Waals surface area (Å²) in [7, 11) is 0. The van der Waals surface area contributed by atoms with Crippen LogP contribution in [0.15, 0.2) is 29.2 Å². The highest BCUT2D eigenvalue weighted by molar-refractivity contribution is 9.10. The molecule has 4 heteroatoms. The first-order chi connectivity index (χ1) is 6.63. The first kappa shape index (κ1) is 11.6. The van der Waals surface area contributed by atoms with Crippen LogP contribution < -0.4 is 5.32 Å². The van der Waals surface area contributed by atoms with Gasteiger partial charge in [0.05, 0.1) is 4.83 Å². The van der Waals surface area contributed by atoms with E-state index >= 15 is 0 Å². The van der Waals surface area contributed by atoms with Crippen LogP contribution >= 0.6 is 27.7 Å². The number of anilines is 1. The van der Waals surface area contributed by atoms with Gasteiger partial charge in [0.15, 0.2) is 0 Å². The van der Waals surface area contributed by atoms with Crippen LogP contribution in [0.25, 0.3) is 0 Å². The summed E-state index contributed by atoms with van der Waals surface area (Å²) in [4.78, 5) is 12.3. The maximum atomic E-state index is 11.3. The number of amides is 1. The van der Waals surface area contributed by atoms with Crippen molar-refractivity contribution >= 4 is 39.3 Å². The van der Waals surface area contributed by atoms with Gasteiger partial charge >= 0.3 is 0 Å². The number of carbonyl (C=O) groups is 1. The minimum absolute atomic E-state index is 0.0248. The average Bonchev–Trinajstić information content (AvgIpc) is 2.18. The predicted octanol–water partition coefficient (Wildman–Crippen LogP) is 3.13. The Kier molecular flexibility index (Phi) is 4.48. The number of hydrogen-bond acceptors (Lipinski definition) is 2. The van der Waals surface area contributed by atoms with E-state index in [2.05, 4.69) is 21.2 Å². The van der Waals surface area contributed by atoms with E-state index in [1.807, 2.05) is 30.5 Å². The Balaban J connectivity index is 2.72. The summed E-state index contributed by atoms with van der Waals surface area (Å²) < 4.78 is 0. The second-order valence-electron chi connectivity index (χ2n) is 2.84. The van der Waals surface area contributed by atoms with Crippen molar-refractivity contribution in [3.8, 4) is 0 Å². The van der Waals surface area contributed by atoms with Gasteiger partial charge < -0.3 is 5.32 Å². The van der Waals surface area contributed by atoms with Gasteiger partial charge in [-0.15, -0.1) is 11.8 Å². The van der Waals surface area contributed by atoms with Crippen LogP contribution in [0.4, 0.5) is 5.69 Å². The van der Waals surface area contributed by atoms with E-state index in [-0.39, 0.29) is 10.7 Å². The molecule has 1 atom stereocenters. The number of rotatable bonds is 3. The van der Waals surface area contributed by atoms with Crippen molar-refractivity contribution in [2.75, 3.05) is 11.6 Å². The molecule has 0 aliphatic heterocycles. The van der Waals surface area contributed by atoms with Crippen molar-refractivity contribution in [3.05, 3.63) is 24.3 Å². The normalized spacial score (nSPS) is 12.2. The van der Waals surface area contributed by atoms with Gasteiger partial charge in [0.25, 0.3) is 0 Å². The molecular weight excluding hydrogens is 262 g/mol. The highest BCUT2D eigenvalue weighted by atomic mass is 79.9. The molecule has 1 aromatic rings. The summed E-state index contributed by atoms with van der Waals surface area (Å²) in [5.74, 6) is -0.0248. The fourth-order valence-electron chi connectivity index (χ4n) is 0.943. The SMILES string of the molecule is CSc1cccc(NC(=O)[C@H](C)Br)c1. The number of thioether (sulfide) groups is 1. The third-order valence-electron chi connectivity index (χ3n) is 1.70. The Morgan fingerprint density at radius 1 is 1.57 bits per heavy atom. The molecule has 1 amide bonds. The average molecular weight is 274 g/mol. The van der Waals surface area contributed by atoms with Crippen molar-refractivity contribution in [2.24, 2.45) is 0 Å². The van der Waals surface area contributed by atoms with E-state index in [9.17, 15) is 4.79 Å². The lowest BCUT2D eigenvalue weighted by Gasteiger charge is -2.07. The Hall–Kier alpha value is -0.480. The largest absolute Gasteiger partial charge is 0.325 e. The van der Waals surface area contributed by atoms with Gasteiger partial charge in [-0.25, -0.2) is 0 Å². The maximum absolute atomic E-state index is 11.3. The summed E-state index contributed by atoms with van der Waals surface area (Å²) in [5.41, 5.74) is 0.841. The van der Waals surface area contributed by atoms with Gasteiger partial charge in [0, 0.05) is 10.6 Å². The molecule has 0 aromatic heterocycles. The Morgan fingerprint density at radius 3 is 2.86 bits per heavy atom. The molecule has 14 heavy (non-hydrogen) atoms. The lowest BCUT2D eigenvalue weighted by atomic mass is 10.3. The van der Waals surface area contributed by atoms with E-state index in [4.69, 9.17) is 0 Å². The smallest absolute Gasteiger partial charge is 0.237 e. The summed E-state index contributed by atoms with van der Waals surface area (Å²) in [6.07, 6.45) is 2.01. The summed E-state index contributed by atoms with van der Waals surface area (Å²) >= 11 is 4.87. The summed E-state index contributed by atoms with van der Waals surface area (Å²) in [5, 5.41) is 2.82. The molecule has 1 aromatic carbocycles. The quantitative estimate of drug-likeness (QED) is 0.677. The molecule has 0 bridgehead atoms. The number of alkyl halides is 1. The van der Waals surface area contributed by atoms with Gasteiger partial charge in [0.1, 0.15) is 0 Å². The lowest BCUT2D eigenvalue weighted by molar-refractivity contribution is -0.115. The molecule has 1 N–H and O–H groups in total. The molecule has 0 radical (unpaired) electrons. The minimum atomic E-state index is -0.166. The van der Waals surface area contributed by atoms with Crippen LogP contribution in [-0.4, -0.2) is 17.0 Å². The topological polar surface area (TPSA) is 29.1 Å². The molecule has 76 valence electrons. The molecule has 0 aliphatic rings. The van der Waals surface area contributed by atoms with Crippen molar-refractivity contribution in [1.82, 2.24) is 0 Å². The van der Waals surface area contributed by atoms with Crippen LogP contribution in [0.1, 0.15) is 6.92 Å². The van der Waals surface area contributed by atoms with E-state index in [0.717, 1.165) is 10.6 Å². The van der Waals surface area contributed by atoms with E-state index < -0.39 is 0 Å². The molecule has 0 saturated heterocycles. The number of benzene rings is 1. The third kappa shape index (κ3) is 3.35. The monoisotopic (exact) mass is 273 g/mol. The van der Waals surface area contributed by atoms with E-state index in [0.29, 0.717) is 0 Å². The van der Waals surface area contributed by atoms with Crippen LogP contribution in [-0.2, 0) is 4.79 Å². The fraction of sp³-hybridized carbons (Fsp3) is 0.300. The molecule has 0 aliphatic carbocycles. The first-order valence-electron chi connectivity index (χ1n) is 4.22. The number of halogens is 1. The summed E-state index contributed by atoms with van der Waals surface area (Å²) in [6, 6.07) is 7.78. The van der Waals surface area contributed by atoms with E-state index in [1.165, 1.54) is 0 Å². The molecule has 0 unspecified atom stereocenters. The third-order valence-corrected chi connectivity index (χ3v) is 2.84. The standard InChI is InChI=1S/C10H12BrNOS/c1-7(11)10(13)12-8-4-3-5-9(6-8)14-2/h3-7H,1-2H3,(H,12,13)/t7-/m0/s1.